The average molecular weight is 370 g/mol. The van der Waals surface area contributed by atoms with Crippen LogP contribution in [0.5, 0.6) is 5.75 Å². The van der Waals surface area contributed by atoms with Gasteiger partial charge in [0, 0.05) is 12.0 Å². The number of benzene rings is 2. The molecule has 6 nitrogen and oxygen atoms in total. The van der Waals surface area contributed by atoms with E-state index in [0.717, 1.165) is 5.56 Å². The average Bonchev–Trinajstić information content (AvgIpc) is 2.67. The second-order valence-corrected chi connectivity index (χ2v) is 8.33. The summed E-state index contributed by atoms with van der Waals surface area (Å²) in [7, 11) is -3.84. The number of rotatable bonds is 4. The number of fused-ring (bicyclic) bond motifs is 1. The number of carbonyl (C=O) groups is 1. The molecule has 1 heterocycles. The second kappa shape index (κ2) is 7.18. The summed E-state index contributed by atoms with van der Waals surface area (Å²) < 4.78 is 30.9. The predicted octanol–water partition coefficient (Wildman–Crippen LogP) is 2.36. The number of carbonyl (C=O) groups excluding carboxylic acids is 1. The van der Waals surface area contributed by atoms with Crippen LogP contribution in [0.4, 0.5) is 0 Å². The van der Waals surface area contributed by atoms with E-state index in [0.29, 0.717) is 24.3 Å². The van der Waals surface area contributed by atoms with Crippen molar-refractivity contribution in [2.24, 2.45) is 0 Å². The second-order valence-electron chi connectivity index (χ2n) is 6.06. The fourth-order valence-electron chi connectivity index (χ4n) is 2.85. The third-order valence-corrected chi connectivity index (χ3v) is 6.50. The zero-order valence-electron chi connectivity index (χ0n) is 14.2. The zero-order chi connectivity index (χ0) is 18.7. The summed E-state index contributed by atoms with van der Waals surface area (Å²) in [6.45, 7) is 1.83. The lowest BCUT2D eigenvalue weighted by atomic mass is 10.0. The Hall–Kier alpha value is -2.85. The number of amides is 1. The molecule has 0 aromatic heterocycles. The van der Waals surface area contributed by atoms with E-state index in [1.54, 1.807) is 0 Å². The minimum absolute atomic E-state index is 0.0199. The highest BCUT2D eigenvalue weighted by molar-refractivity contribution is 7.92. The molecule has 2 aromatic carbocycles. The molecule has 3 rings (SSSR count). The quantitative estimate of drug-likeness (QED) is 0.891. The van der Waals surface area contributed by atoms with Gasteiger partial charge in [-0.3, -0.25) is 4.79 Å². The van der Waals surface area contributed by atoms with Crippen LogP contribution in [-0.2, 0) is 14.6 Å². The maximum atomic E-state index is 12.7. The van der Waals surface area contributed by atoms with Gasteiger partial charge in [-0.05, 0) is 37.3 Å². The van der Waals surface area contributed by atoms with Crippen molar-refractivity contribution in [2.45, 2.75) is 29.5 Å². The number of sulfone groups is 1. The summed E-state index contributed by atoms with van der Waals surface area (Å²) in [5, 5.41) is 10.4. The molecule has 0 fully saturated rings. The molecule has 1 aliphatic heterocycles. The van der Waals surface area contributed by atoms with E-state index in [9.17, 15) is 13.2 Å². The van der Waals surface area contributed by atoms with Crippen molar-refractivity contribution >= 4 is 15.7 Å². The Kier molecular flexibility index (Phi) is 4.96. The maximum Gasteiger partial charge on any atom is 0.238 e. The topological polar surface area (TPSA) is 96.3 Å². The molecule has 0 bridgehead atoms. The summed E-state index contributed by atoms with van der Waals surface area (Å²) in [6, 6.07) is 14.6. The first-order valence-corrected chi connectivity index (χ1v) is 9.74. The number of nitrogens with one attached hydrogen (secondary N) is 1. The molecule has 1 aliphatic rings. The van der Waals surface area contributed by atoms with Crippen LogP contribution in [0.25, 0.3) is 0 Å². The van der Waals surface area contributed by atoms with Gasteiger partial charge in [0.1, 0.15) is 11.0 Å². The van der Waals surface area contributed by atoms with Crippen molar-refractivity contribution in [3.8, 4) is 11.8 Å². The molecule has 26 heavy (non-hydrogen) atoms. The standard InChI is InChI=1S/C19H18N2O4S/c1-13(26(23,24)15-8-6-14(12-20)7-9-15)19(22)21-17-10-11-25-18-5-3-2-4-16(17)18/h2-9,13,17H,10-11H2,1H3,(H,21,22)/t13-,17-/m0/s1. The van der Waals surface area contributed by atoms with Gasteiger partial charge < -0.3 is 10.1 Å². The summed E-state index contributed by atoms with van der Waals surface area (Å²) in [6.07, 6.45) is 0.576. The fraction of sp³-hybridized carbons (Fsp3) is 0.263. The van der Waals surface area contributed by atoms with Crippen LogP contribution < -0.4 is 10.1 Å². The molecular formula is C19H18N2O4S. The lowest BCUT2D eigenvalue weighted by Crippen LogP contribution is -2.41. The first-order chi connectivity index (χ1) is 12.4. The van der Waals surface area contributed by atoms with Gasteiger partial charge in [-0.25, -0.2) is 8.42 Å². The lowest BCUT2D eigenvalue weighted by molar-refractivity contribution is -0.121. The summed E-state index contributed by atoms with van der Waals surface area (Å²) >= 11 is 0. The SMILES string of the molecule is C[C@@H](C(=O)N[C@H]1CCOc2ccccc21)S(=O)(=O)c1ccc(C#N)cc1. The van der Waals surface area contributed by atoms with Gasteiger partial charge in [-0.1, -0.05) is 18.2 Å². The molecule has 0 aliphatic carbocycles. The molecular weight excluding hydrogens is 352 g/mol. The molecule has 1 amide bonds. The Labute approximate surface area is 152 Å². The van der Waals surface area contributed by atoms with E-state index in [2.05, 4.69) is 5.32 Å². The number of para-hydroxylation sites is 1. The third kappa shape index (κ3) is 3.41. The maximum absolute atomic E-state index is 12.7. The van der Waals surface area contributed by atoms with Crippen LogP contribution in [-0.4, -0.2) is 26.2 Å². The van der Waals surface area contributed by atoms with Crippen LogP contribution >= 0.6 is 0 Å². The molecule has 1 N–H and O–H groups in total. The van der Waals surface area contributed by atoms with Crippen LogP contribution in [0.2, 0.25) is 0 Å². The van der Waals surface area contributed by atoms with Gasteiger partial charge in [0.25, 0.3) is 0 Å². The van der Waals surface area contributed by atoms with E-state index in [-0.39, 0.29) is 10.9 Å². The fourth-order valence-corrected chi connectivity index (χ4v) is 4.12. The van der Waals surface area contributed by atoms with Crippen molar-refractivity contribution in [2.75, 3.05) is 6.61 Å². The number of hydrogen-bond acceptors (Lipinski definition) is 5. The highest BCUT2D eigenvalue weighted by Gasteiger charge is 2.32. The molecule has 0 saturated heterocycles. The van der Waals surface area contributed by atoms with E-state index in [4.69, 9.17) is 10.00 Å². The Balaban J connectivity index is 1.78. The first-order valence-electron chi connectivity index (χ1n) is 8.19. The van der Waals surface area contributed by atoms with Crippen LogP contribution in [0, 0.1) is 11.3 Å². The van der Waals surface area contributed by atoms with E-state index >= 15 is 0 Å². The van der Waals surface area contributed by atoms with Gasteiger partial charge in [0.2, 0.25) is 5.91 Å². The van der Waals surface area contributed by atoms with Crippen LogP contribution in [0.3, 0.4) is 0 Å². The molecule has 2 aromatic rings. The van der Waals surface area contributed by atoms with Gasteiger partial charge in [0.05, 0.1) is 29.2 Å². The minimum atomic E-state index is -3.84. The number of nitrogens with zero attached hydrogens (tertiary/aromatic N) is 1. The molecule has 0 radical (unpaired) electrons. The highest BCUT2D eigenvalue weighted by atomic mass is 32.2. The van der Waals surface area contributed by atoms with Gasteiger partial charge in [-0.2, -0.15) is 5.26 Å². The Bertz CT molecular complexity index is 962. The normalized spacial score (nSPS) is 17.3. The number of hydrogen-bond donors (Lipinski definition) is 1. The predicted molar refractivity (Wildman–Crippen MR) is 95.2 cm³/mol. The van der Waals surface area contributed by atoms with E-state index < -0.39 is 21.0 Å². The van der Waals surface area contributed by atoms with Gasteiger partial charge in [-0.15, -0.1) is 0 Å². The molecule has 134 valence electrons. The van der Waals surface area contributed by atoms with Crippen molar-refractivity contribution < 1.29 is 17.9 Å². The van der Waals surface area contributed by atoms with E-state index in [1.807, 2.05) is 30.3 Å². The lowest BCUT2D eigenvalue weighted by Gasteiger charge is -2.27. The third-order valence-electron chi connectivity index (χ3n) is 4.42. The van der Waals surface area contributed by atoms with Gasteiger partial charge >= 0.3 is 0 Å². The van der Waals surface area contributed by atoms with E-state index in [1.165, 1.54) is 31.2 Å². The largest absolute Gasteiger partial charge is 0.493 e. The highest BCUT2D eigenvalue weighted by Crippen LogP contribution is 2.31. The van der Waals surface area contributed by atoms with Crippen molar-refractivity contribution in [1.29, 1.82) is 5.26 Å². The zero-order valence-corrected chi connectivity index (χ0v) is 15.0. The molecule has 0 spiro atoms. The summed E-state index contributed by atoms with van der Waals surface area (Å²) in [5.74, 6) is 0.141. The molecule has 0 saturated carbocycles. The Morgan fingerprint density at radius 1 is 1.23 bits per heavy atom. The molecule has 2 atom stereocenters. The number of ether oxygens (including phenoxy) is 1. The summed E-state index contributed by atoms with van der Waals surface area (Å²) in [4.78, 5) is 12.6. The monoisotopic (exact) mass is 370 g/mol. The minimum Gasteiger partial charge on any atom is -0.493 e. The van der Waals surface area contributed by atoms with Crippen LogP contribution in [0.15, 0.2) is 53.4 Å². The van der Waals surface area contributed by atoms with Crippen molar-refractivity contribution in [3.63, 3.8) is 0 Å². The van der Waals surface area contributed by atoms with Crippen LogP contribution in [0.1, 0.15) is 30.5 Å². The molecule has 0 unspecified atom stereocenters. The van der Waals surface area contributed by atoms with Gasteiger partial charge in [0.15, 0.2) is 9.84 Å². The number of nitriles is 1. The summed E-state index contributed by atoms with van der Waals surface area (Å²) in [5.41, 5.74) is 1.20. The Morgan fingerprint density at radius 2 is 1.92 bits per heavy atom. The smallest absolute Gasteiger partial charge is 0.238 e. The Morgan fingerprint density at radius 3 is 2.62 bits per heavy atom. The van der Waals surface area contributed by atoms with Crippen molar-refractivity contribution in [3.05, 3.63) is 59.7 Å². The first kappa shape index (κ1) is 18.0. The molecule has 7 heteroatoms. The van der Waals surface area contributed by atoms with Crippen molar-refractivity contribution in [1.82, 2.24) is 5.32 Å².